The summed E-state index contributed by atoms with van der Waals surface area (Å²) in [4.78, 5) is 37.4. The van der Waals surface area contributed by atoms with Gasteiger partial charge in [-0.15, -0.1) is 22.7 Å². The summed E-state index contributed by atoms with van der Waals surface area (Å²) in [5, 5.41) is 10.9. The Bertz CT molecular complexity index is 2000. The predicted molar refractivity (Wildman–Crippen MR) is 299 cm³/mol. The Kier molecular flexibility index (Phi) is 22.9. The van der Waals surface area contributed by atoms with Crippen LogP contribution in [0.15, 0.2) is 35.4 Å². The number of rotatable bonds is 35. The van der Waals surface area contributed by atoms with Crippen LogP contribution in [-0.2, 0) is 23.6 Å². The highest BCUT2D eigenvalue weighted by molar-refractivity contribution is 7.23. The standard InChI is InChI=1S/C58H95B2N2O6S2/c1-13-17-21-25-27-31-35-43(33-29-23-19-15-3)41-61-51(45-37-39-47(69-45)59-66-56(7,8)55(5,6)65)49-50(54(61)64)52(46-38-40-48(70-46)60-67-57(9,10)58(11,12)68-60)62(53(49)63)42-44(34-30-24-20-16-4)36-32-28-26-22-18-14-2/h37-40,43-44,65H,13-36,41-42H2,1-12H3. The van der Waals surface area contributed by atoms with Crippen molar-refractivity contribution in [2.75, 3.05) is 13.1 Å². The van der Waals surface area contributed by atoms with Crippen LogP contribution in [0.3, 0.4) is 0 Å². The molecule has 2 unspecified atom stereocenters. The molecule has 2 atom stereocenters. The normalized spacial score (nSPS) is 18.0. The van der Waals surface area contributed by atoms with Crippen molar-refractivity contribution in [3.8, 4) is 0 Å². The lowest BCUT2D eigenvalue weighted by Crippen LogP contribution is -2.49. The molecule has 1 saturated heterocycles. The van der Waals surface area contributed by atoms with Crippen molar-refractivity contribution in [2.24, 2.45) is 11.8 Å². The molecule has 0 aromatic carbocycles. The predicted octanol–water partition coefficient (Wildman–Crippen LogP) is 14.4. The van der Waals surface area contributed by atoms with Gasteiger partial charge in [-0.3, -0.25) is 9.59 Å². The quantitative estimate of drug-likeness (QED) is 0.0547. The highest BCUT2D eigenvalue weighted by Gasteiger charge is 2.54. The number of nitrogens with zero attached hydrogens (tertiary/aromatic N) is 2. The van der Waals surface area contributed by atoms with Gasteiger partial charge in [0.1, 0.15) is 0 Å². The zero-order valence-electron chi connectivity index (χ0n) is 46.2. The van der Waals surface area contributed by atoms with E-state index in [1.807, 2.05) is 29.7 Å². The molecule has 0 aliphatic carbocycles. The minimum absolute atomic E-state index is 0.0586. The van der Waals surface area contributed by atoms with E-state index < -0.39 is 29.5 Å². The van der Waals surface area contributed by atoms with Gasteiger partial charge in [-0.25, -0.2) is 0 Å². The summed E-state index contributed by atoms with van der Waals surface area (Å²) in [5.74, 6) is 0.525. The highest BCUT2D eigenvalue weighted by Crippen LogP contribution is 2.49. The van der Waals surface area contributed by atoms with E-state index in [1.165, 1.54) is 103 Å². The van der Waals surface area contributed by atoms with Gasteiger partial charge >= 0.3 is 14.6 Å². The fraction of sp³-hybridized carbons (Fsp3) is 0.759. The number of fused-ring (bicyclic) bond motifs is 1. The number of amides is 2. The van der Waals surface area contributed by atoms with Gasteiger partial charge in [-0.2, -0.15) is 0 Å². The Morgan fingerprint density at radius 1 is 0.586 bits per heavy atom. The average molecular weight is 1000 g/mol. The lowest BCUT2D eigenvalue weighted by Gasteiger charge is -2.37. The van der Waals surface area contributed by atoms with E-state index in [2.05, 4.69) is 73.6 Å². The van der Waals surface area contributed by atoms with Crippen molar-refractivity contribution in [3.63, 3.8) is 0 Å². The molecule has 5 heterocycles. The molecule has 5 rings (SSSR count). The van der Waals surface area contributed by atoms with E-state index in [9.17, 15) is 5.11 Å². The summed E-state index contributed by atoms with van der Waals surface area (Å²) in [5.41, 5.74) is -0.313. The Hall–Kier alpha value is -2.21. The first-order valence-corrected chi connectivity index (χ1v) is 29.9. The summed E-state index contributed by atoms with van der Waals surface area (Å²) in [6, 6.07) is 8.28. The van der Waals surface area contributed by atoms with Crippen LogP contribution in [0.2, 0.25) is 0 Å². The van der Waals surface area contributed by atoms with Gasteiger partial charge < -0.3 is 28.9 Å². The van der Waals surface area contributed by atoms with Crippen molar-refractivity contribution in [1.29, 1.82) is 0 Å². The maximum atomic E-state index is 15.8. The molecule has 2 aromatic rings. The monoisotopic (exact) mass is 1000 g/mol. The molecule has 1 radical (unpaired) electrons. The van der Waals surface area contributed by atoms with E-state index in [1.54, 1.807) is 44.0 Å². The molecular formula is C58H95B2N2O6S2. The average Bonchev–Trinajstić information content (AvgIpc) is 4.12. The van der Waals surface area contributed by atoms with Gasteiger partial charge in [0, 0.05) is 22.6 Å². The van der Waals surface area contributed by atoms with Gasteiger partial charge in [-0.05, 0) is 105 Å². The van der Waals surface area contributed by atoms with E-state index in [0.717, 1.165) is 82.1 Å². The number of thiophene rings is 2. The molecule has 1 N–H and O–H groups in total. The maximum Gasteiger partial charge on any atom is 0.505 e. The number of hydrogen-bond acceptors (Lipinski definition) is 8. The van der Waals surface area contributed by atoms with Crippen molar-refractivity contribution >= 4 is 70.0 Å². The summed E-state index contributed by atoms with van der Waals surface area (Å²) in [6.07, 6.45) is 28.6. The zero-order valence-corrected chi connectivity index (χ0v) is 47.8. The van der Waals surface area contributed by atoms with Crippen LogP contribution in [0.5, 0.6) is 0 Å². The molecule has 3 aliphatic heterocycles. The second kappa shape index (κ2) is 27.4. The fourth-order valence-corrected chi connectivity index (χ4v) is 12.0. The van der Waals surface area contributed by atoms with E-state index in [0.29, 0.717) is 36.1 Å². The SMILES string of the molecule is CCCCCCCCC(CCCCCC)CN1C(=O)C2=C(c3ccc(B4OC(C)(C)C(C)(C)O4)s3)N(CC(CCCCCC)CCCCCCCC)C(=O)C2=C1c1ccc([B]OC(C)(C)C(C)(C)O)s1. The molecule has 70 heavy (non-hydrogen) atoms. The molecule has 8 nitrogen and oxygen atoms in total. The van der Waals surface area contributed by atoms with Crippen LogP contribution in [0.25, 0.3) is 11.4 Å². The molecule has 2 aromatic heterocycles. The molecule has 0 saturated carbocycles. The van der Waals surface area contributed by atoms with Crippen LogP contribution in [0, 0.1) is 11.8 Å². The van der Waals surface area contributed by atoms with E-state index in [-0.39, 0.29) is 11.8 Å². The third-order valence-electron chi connectivity index (χ3n) is 16.1. The Morgan fingerprint density at radius 2 is 0.957 bits per heavy atom. The number of aliphatic hydroxyl groups is 1. The number of hydrogen-bond donors (Lipinski definition) is 1. The first kappa shape index (κ1) is 58.7. The topological polar surface area (TPSA) is 88.5 Å². The molecule has 0 bridgehead atoms. The summed E-state index contributed by atoms with van der Waals surface area (Å²) in [6.45, 7) is 25.9. The van der Waals surface area contributed by atoms with Crippen molar-refractivity contribution in [3.05, 3.63) is 45.2 Å². The molecule has 391 valence electrons. The van der Waals surface area contributed by atoms with E-state index in [4.69, 9.17) is 14.0 Å². The fourth-order valence-electron chi connectivity index (χ4n) is 10.0. The van der Waals surface area contributed by atoms with Gasteiger partial charge in [0.15, 0.2) is 0 Å². The van der Waals surface area contributed by atoms with Gasteiger partial charge in [0.25, 0.3) is 11.8 Å². The van der Waals surface area contributed by atoms with Crippen molar-refractivity contribution < 1.29 is 28.7 Å². The number of carbonyl (C=O) groups excluding carboxylic acids is 2. The molecule has 0 spiro atoms. The minimum Gasteiger partial charge on any atom is -0.426 e. The molecular weight excluding hydrogens is 906 g/mol. The Labute approximate surface area is 436 Å². The number of unbranched alkanes of at least 4 members (excludes halogenated alkanes) is 16. The first-order chi connectivity index (χ1) is 33.3. The molecule has 12 heteroatoms. The molecule has 3 aliphatic rings. The van der Waals surface area contributed by atoms with Crippen molar-refractivity contribution in [1.82, 2.24) is 9.80 Å². The lowest BCUT2D eigenvalue weighted by molar-refractivity contribution is -0.124. The molecule has 2 amide bonds. The third kappa shape index (κ3) is 15.4. The van der Waals surface area contributed by atoms with Crippen molar-refractivity contribution in [2.45, 2.75) is 260 Å². The van der Waals surface area contributed by atoms with Gasteiger partial charge in [-0.1, -0.05) is 168 Å². The third-order valence-corrected chi connectivity index (χ3v) is 18.2. The first-order valence-electron chi connectivity index (χ1n) is 28.2. The minimum atomic E-state index is -1.08. The summed E-state index contributed by atoms with van der Waals surface area (Å²) >= 11 is 3.14. The van der Waals surface area contributed by atoms with Gasteiger partial charge in [0.05, 0.1) is 54.7 Å². The summed E-state index contributed by atoms with van der Waals surface area (Å²) < 4.78 is 21.2. The molecule has 1 fully saturated rings. The van der Waals surface area contributed by atoms with Gasteiger partial charge in [0.2, 0.25) is 0 Å². The maximum absolute atomic E-state index is 15.8. The lowest BCUT2D eigenvalue weighted by atomic mass is 9.86. The van der Waals surface area contributed by atoms with Crippen LogP contribution >= 0.6 is 22.7 Å². The van der Waals surface area contributed by atoms with Crippen LogP contribution < -0.4 is 9.55 Å². The van der Waals surface area contributed by atoms with E-state index >= 15 is 9.59 Å². The Balaban J connectivity index is 1.62. The second-order valence-electron chi connectivity index (χ2n) is 23.1. The highest BCUT2D eigenvalue weighted by atomic mass is 32.1. The number of carbonyl (C=O) groups is 2. The van der Waals surface area contributed by atoms with Crippen LogP contribution in [0.1, 0.15) is 247 Å². The Morgan fingerprint density at radius 3 is 1.37 bits per heavy atom. The smallest absolute Gasteiger partial charge is 0.426 e. The van der Waals surface area contributed by atoms with Crippen LogP contribution in [-0.4, -0.2) is 76.8 Å². The second-order valence-corrected chi connectivity index (χ2v) is 25.4. The summed E-state index contributed by atoms with van der Waals surface area (Å²) in [7, 11) is 1.19. The zero-order chi connectivity index (χ0) is 51.1. The largest absolute Gasteiger partial charge is 0.505 e. The van der Waals surface area contributed by atoms with Crippen LogP contribution in [0.4, 0.5) is 0 Å².